The number of benzene rings is 1. The number of rotatable bonds is 6. The second-order valence-electron chi connectivity index (χ2n) is 8.16. The highest BCUT2D eigenvalue weighted by atomic mass is 35.5. The lowest BCUT2D eigenvalue weighted by Gasteiger charge is -2.37. The Hall–Kier alpha value is -2.96. The van der Waals surface area contributed by atoms with E-state index in [0.29, 0.717) is 10.6 Å². The van der Waals surface area contributed by atoms with E-state index < -0.39 is 48.6 Å². The third-order valence-corrected chi connectivity index (χ3v) is 6.74. The van der Waals surface area contributed by atoms with Crippen molar-refractivity contribution in [1.82, 2.24) is 15.2 Å². The number of esters is 1. The second-order valence-corrected chi connectivity index (χ2v) is 9.46. The molecule has 1 aromatic heterocycles. The van der Waals surface area contributed by atoms with Crippen LogP contribution in [0.5, 0.6) is 0 Å². The quantitative estimate of drug-likeness (QED) is 0.553. The number of hydrogen-bond donors (Lipinski definition) is 2. The van der Waals surface area contributed by atoms with Crippen molar-refractivity contribution in [2.75, 3.05) is 26.7 Å². The van der Waals surface area contributed by atoms with Crippen LogP contribution < -0.4 is 5.32 Å². The predicted octanol–water partition coefficient (Wildman–Crippen LogP) is 3.50. The molecule has 186 valence electrons. The summed E-state index contributed by atoms with van der Waals surface area (Å²) in [5.41, 5.74) is 0.472. The van der Waals surface area contributed by atoms with Gasteiger partial charge in [0.2, 0.25) is 0 Å². The maximum atomic E-state index is 14.4. The minimum atomic E-state index is -3.23. The van der Waals surface area contributed by atoms with E-state index in [-0.39, 0.29) is 35.2 Å². The molecule has 2 aromatic rings. The van der Waals surface area contributed by atoms with Crippen LogP contribution >= 0.6 is 22.9 Å². The number of halogens is 4. The number of aliphatic carboxylic acids is 1. The van der Waals surface area contributed by atoms with Crippen molar-refractivity contribution < 1.29 is 32.6 Å². The maximum Gasteiger partial charge on any atom is 0.338 e. The van der Waals surface area contributed by atoms with Gasteiger partial charge in [0.15, 0.2) is 10.8 Å². The van der Waals surface area contributed by atoms with Gasteiger partial charge < -0.3 is 15.2 Å². The summed E-state index contributed by atoms with van der Waals surface area (Å²) < 4.78 is 47.4. The fraction of sp³-hybridized carbons (Fsp3) is 0.364. The molecule has 0 saturated carbocycles. The number of carbonyl (C=O) groups excluding carboxylic acids is 1. The average Bonchev–Trinajstić information content (AvgIpc) is 3.32. The average molecular weight is 529 g/mol. The van der Waals surface area contributed by atoms with Gasteiger partial charge in [0.05, 0.1) is 25.1 Å². The number of thiazole rings is 1. The largest absolute Gasteiger partial charge is 0.481 e. The van der Waals surface area contributed by atoms with Gasteiger partial charge in [-0.1, -0.05) is 17.7 Å². The van der Waals surface area contributed by atoms with Crippen LogP contribution in [0.2, 0.25) is 5.02 Å². The monoisotopic (exact) mass is 528 g/mol. The number of aromatic nitrogens is 1. The first-order valence-electron chi connectivity index (χ1n) is 10.4. The summed E-state index contributed by atoms with van der Waals surface area (Å²) in [6.07, 6.45) is 0.779. The van der Waals surface area contributed by atoms with Gasteiger partial charge in [-0.05, 0) is 12.1 Å². The number of likely N-dealkylation sites (tertiary alicyclic amines) is 1. The molecule has 8 nitrogen and oxygen atoms in total. The van der Waals surface area contributed by atoms with E-state index in [4.69, 9.17) is 16.3 Å². The first-order valence-corrected chi connectivity index (χ1v) is 11.7. The van der Waals surface area contributed by atoms with Crippen molar-refractivity contribution in [3.05, 3.63) is 62.5 Å². The van der Waals surface area contributed by atoms with E-state index in [1.165, 1.54) is 28.4 Å². The molecule has 1 saturated heterocycles. The van der Waals surface area contributed by atoms with Crippen LogP contribution in [-0.2, 0) is 14.3 Å². The van der Waals surface area contributed by atoms with Crippen LogP contribution in [0.1, 0.15) is 23.0 Å². The maximum absolute atomic E-state index is 14.4. The van der Waals surface area contributed by atoms with Gasteiger partial charge in [0, 0.05) is 47.4 Å². The standard InChI is InChI=1S/C22H20ClF3N4O4S/c1-34-21(33)16-15(9-30-8-11(20(31)32)7-22(25,26)10-30)28-18(19-27-4-5-35-19)29-17(16)13-3-2-12(24)6-14(13)23/h2-6,11,17H,7-10H2,1H3,(H,28,29)(H,31,32)/t11?,17-/m0/s1. The van der Waals surface area contributed by atoms with E-state index in [1.54, 1.807) is 11.6 Å². The van der Waals surface area contributed by atoms with Crippen LogP contribution in [0, 0.1) is 11.7 Å². The number of piperidine rings is 1. The van der Waals surface area contributed by atoms with Crippen molar-refractivity contribution >= 4 is 40.7 Å². The number of carboxylic acids is 1. The van der Waals surface area contributed by atoms with Crippen LogP contribution in [0.25, 0.3) is 0 Å². The van der Waals surface area contributed by atoms with E-state index in [2.05, 4.69) is 15.3 Å². The van der Waals surface area contributed by atoms with E-state index >= 15 is 0 Å². The van der Waals surface area contributed by atoms with Crippen LogP contribution in [0.3, 0.4) is 0 Å². The fourth-order valence-corrected chi connectivity index (χ4v) is 5.03. The third kappa shape index (κ3) is 5.49. The lowest BCUT2D eigenvalue weighted by molar-refractivity contribution is -0.152. The van der Waals surface area contributed by atoms with Gasteiger partial charge in [-0.25, -0.2) is 22.9 Å². The molecular formula is C22H20ClF3N4O4S. The summed E-state index contributed by atoms with van der Waals surface area (Å²) in [6, 6.07) is 2.58. The lowest BCUT2D eigenvalue weighted by Crippen LogP contribution is -2.51. The first kappa shape index (κ1) is 25.1. The molecular weight excluding hydrogens is 509 g/mol. The Morgan fingerprint density at radius 1 is 1.40 bits per heavy atom. The minimum Gasteiger partial charge on any atom is -0.481 e. The molecule has 3 heterocycles. The Balaban J connectivity index is 1.80. The zero-order valence-electron chi connectivity index (χ0n) is 18.3. The van der Waals surface area contributed by atoms with E-state index in [1.807, 2.05) is 0 Å². The second kappa shape index (κ2) is 9.96. The Labute approximate surface area is 207 Å². The molecule has 2 aliphatic rings. The number of carboxylic acid groups (broad SMARTS) is 1. The highest BCUT2D eigenvalue weighted by Gasteiger charge is 2.44. The Kier molecular flexibility index (Phi) is 7.15. The number of alkyl halides is 2. The van der Waals surface area contributed by atoms with Gasteiger partial charge in [0.25, 0.3) is 5.92 Å². The highest BCUT2D eigenvalue weighted by molar-refractivity contribution is 7.11. The molecule has 2 N–H and O–H groups in total. The Morgan fingerprint density at radius 2 is 2.17 bits per heavy atom. The SMILES string of the molecule is COC(=O)C1=C(CN2CC(C(=O)O)CC(F)(F)C2)NC(c2nccs2)=N[C@H]1c1ccc(F)cc1Cl. The van der Waals surface area contributed by atoms with Gasteiger partial charge in [-0.3, -0.25) is 14.7 Å². The molecule has 0 bridgehead atoms. The van der Waals surface area contributed by atoms with Crippen LogP contribution in [0.4, 0.5) is 13.2 Å². The molecule has 35 heavy (non-hydrogen) atoms. The van der Waals surface area contributed by atoms with E-state index in [9.17, 15) is 27.9 Å². The molecule has 2 aliphatic heterocycles. The Morgan fingerprint density at radius 3 is 2.80 bits per heavy atom. The number of aliphatic imine (C=N–C) groups is 1. The summed E-state index contributed by atoms with van der Waals surface area (Å²) >= 11 is 7.54. The summed E-state index contributed by atoms with van der Waals surface area (Å²) in [7, 11) is 1.16. The zero-order valence-corrected chi connectivity index (χ0v) is 19.9. The Bertz CT molecular complexity index is 1210. The number of ether oxygens (including phenoxy) is 1. The summed E-state index contributed by atoms with van der Waals surface area (Å²) in [5.74, 6) is -6.96. The van der Waals surface area contributed by atoms with Gasteiger partial charge >= 0.3 is 11.9 Å². The number of methoxy groups -OCH3 is 1. The first-order chi connectivity index (χ1) is 16.6. The minimum absolute atomic E-state index is 0.00957. The third-order valence-electron chi connectivity index (χ3n) is 5.63. The van der Waals surface area contributed by atoms with Crippen molar-refractivity contribution in [3.8, 4) is 0 Å². The smallest absolute Gasteiger partial charge is 0.338 e. The van der Waals surface area contributed by atoms with E-state index in [0.717, 1.165) is 13.2 Å². The van der Waals surface area contributed by atoms with Crippen LogP contribution in [-0.4, -0.2) is 65.4 Å². The molecule has 0 radical (unpaired) electrons. The topological polar surface area (TPSA) is 104 Å². The normalized spacial score (nSPS) is 22.4. The molecule has 0 amide bonds. The summed E-state index contributed by atoms with van der Waals surface area (Å²) in [6.45, 7) is -1.05. The van der Waals surface area contributed by atoms with Crippen molar-refractivity contribution in [2.45, 2.75) is 18.4 Å². The molecule has 0 spiro atoms. The van der Waals surface area contributed by atoms with Gasteiger partial charge in [0.1, 0.15) is 11.9 Å². The van der Waals surface area contributed by atoms with Crippen molar-refractivity contribution in [3.63, 3.8) is 0 Å². The van der Waals surface area contributed by atoms with Gasteiger partial charge in [-0.15, -0.1) is 11.3 Å². The zero-order chi connectivity index (χ0) is 25.3. The van der Waals surface area contributed by atoms with Crippen molar-refractivity contribution in [1.29, 1.82) is 0 Å². The van der Waals surface area contributed by atoms with Crippen LogP contribution in [0.15, 0.2) is 46.0 Å². The molecule has 0 aliphatic carbocycles. The molecule has 2 atom stereocenters. The molecule has 1 unspecified atom stereocenters. The number of hydrogen-bond acceptors (Lipinski definition) is 8. The molecule has 13 heteroatoms. The highest BCUT2D eigenvalue weighted by Crippen LogP contribution is 2.38. The predicted molar refractivity (Wildman–Crippen MR) is 122 cm³/mol. The number of nitrogens with zero attached hydrogens (tertiary/aromatic N) is 3. The van der Waals surface area contributed by atoms with Crippen molar-refractivity contribution in [2.24, 2.45) is 10.9 Å². The lowest BCUT2D eigenvalue weighted by atomic mass is 9.93. The van der Waals surface area contributed by atoms with Gasteiger partial charge in [-0.2, -0.15) is 0 Å². The molecule has 1 fully saturated rings. The number of amidine groups is 1. The summed E-state index contributed by atoms with van der Waals surface area (Å²) in [5, 5.41) is 14.5. The molecule has 4 rings (SSSR count). The fourth-order valence-electron chi connectivity index (χ4n) is 4.17. The summed E-state index contributed by atoms with van der Waals surface area (Å²) in [4.78, 5) is 34.4. The molecule has 1 aromatic carbocycles. The number of carbonyl (C=O) groups is 2. The number of nitrogens with one attached hydrogen (secondary N) is 1.